The van der Waals surface area contributed by atoms with Crippen LogP contribution in [0.5, 0.6) is 0 Å². The zero-order chi connectivity index (χ0) is 18.8. The molecule has 0 aliphatic heterocycles. The summed E-state index contributed by atoms with van der Waals surface area (Å²) in [7, 11) is -2.98. The Labute approximate surface area is 160 Å². The number of sulfone groups is 1. The van der Waals surface area contributed by atoms with Crippen molar-refractivity contribution in [1.29, 1.82) is 0 Å². The van der Waals surface area contributed by atoms with Gasteiger partial charge in [-0.15, -0.1) is 0 Å². The van der Waals surface area contributed by atoms with Gasteiger partial charge in [0.1, 0.15) is 0 Å². The van der Waals surface area contributed by atoms with Crippen molar-refractivity contribution in [2.45, 2.75) is 89.7 Å². The van der Waals surface area contributed by atoms with Gasteiger partial charge in [0.25, 0.3) is 0 Å². The normalized spacial score (nSPS) is 24.3. The van der Waals surface area contributed by atoms with Gasteiger partial charge in [-0.2, -0.15) is 0 Å². The minimum absolute atomic E-state index is 0.375. The van der Waals surface area contributed by atoms with E-state index in [1.807, 2.05) is 20.8 Å². The quantitative estimate of drug-likeness (QED) is 0.678. The van der Waals surface area contributed by atoms with Gasteiger partial charge < -0.3 is 0 Å². The largest absolute Gasteiger partial charge is 0.228 e. The first-order valence-electron chi connectivity index (χ1n) is 10.6. The molecule has 0 heterocycles. The Morgan fingerprint density at radius 2 is 1.62 bits per heavy atom. The predicted octanol–water partition coefficient (Wildman–Crippen LogP) is 5.52. The van der Waals surface area contributed by atoms with Crippen LogP contribution in [0.1, 0.15) is 82.4 Å². The summed E-state index contributed by atoms with van der Waals surface area (Å²) < 4.78 is 24.3. The second kappa shape index (κ2) is 8.04. The Kier molecular flexibility index (Phi) is 6.16. The highest BCUT2D eigenvalue weighted by Gasteiger charge is 2.33. The number of fused-ring (bicyclic) bond motifs is 1. The van der Waals surface area contributed by atoms with Crippen LogP contribution in [0.15, 0.2) is 18.2 Å². The van der Waals surface area contributed by atoms with Crippen molar-refractivity contribution in [3.63, 3.8) is 0 Å². The molecular formula is C23H36O2S. The Bertz CT molecular complexity index is 704. The van der Waals surface area contributed by atoms with Gasteiger partial charge in [0.15, 0.2) is 9.84 Å². The number of aryl methyl sites for hydroxylation is 2. The van der Waals surface area contributed by atoms with Crippen LogP contribution >= 0.6 is 0 Å². The standard InChI is InChI=1S/C23H36O2S/c1-23(2,3)26(24,25)17-19-13-11-18(12-14-19)15-16-21-9-6-8-20-7-4-5-10-22(20)21/h6,8-9,18-19H,4-5,7,10-17H2,1-3H3. The molecule has 0 spiro atoms. The van der Waals surface area contributed by atoms with E-state index in [0.29, 0.717) is 11.7 Å². The fourth-order valence-corrected chi connectivity index (χ4v) is 6.16. The van der Waals surface area contributed by atoms with Crippen LogP contribution in [0.2, 0.25) is 0 Å². The first kappa shape index (κ1) is 19.9. The van der Waals surface area contributed by atoms with E-state index in [9.17, 15) is 8.42 Å². The topological polar surface area (TPSA) is 34.1 Å². The highest BCUT2D eigenvalue weighted by molar-refractivity contribution is 7.92. The van der Waals surface area contributed by atoms with E-state index < -0.39 is 14.6 Å². The van der Waals surface area contributed by atoms with E-state index in [1.165, 1.54) is 51.4 Å². The monoisotopic (exact) mass is 376 g/mol. The summed E-state index contributed by atoms with van der Waals surface area (Å²) in [6.45, 7) is 5.48. The van der Waals surface area contributed by atoms with Crippen molar-refractivity contribution in [3.05, 3.63) is 34.9 Å². The molecule has 1 aromatic rings. The highest BCUT2D eigenvalue weighted by Crippen LogP contribution is 2.35. The lowest BCUT2D eigenvalue weighted by molar-refractivity contribution is 0.278. The summed E-state index contributed by atoms with van der Waals surface area (Å²) in [5, 5.41) is 0. The third kappa shape index (κ3) is 4.71. The maximum atomic E-state index is 12.4. The fourth-order valence-electron chi connectivity index (χ4n) is 4.70. The number of rotatable bonds is 5. The Morgan fingerprint density at radius 3 is 2.31 bits per heavy atom. The van der Waals surface area contributed by atoms with Gasteiger partial charge in [0.05, 0.1) is 10.5 Å². The third-order valence-electron chi connectivity index (χ3n) is 6.67. The van der Waals surface area contributed by atoms with Crippen molar-refractivity contribution in [3.8, 4) is 0 Å². The maximum Gasteiger partial charge on any atom is 0.155 e. The molecule has 1 aromatic carbocycles. The summed E-state index contributed by atoms with van der Waals surface area (Å²) in [6, 6.07) is 6.90. The van der Waals surface area contributed by atoms with E-state index in [2.05, 4.69) is 18.2 Å². The molecule has 146 valence electrons. The smallest absolute Gasteiger partial charge is 0.155 e. The molecule has 3 heteroatoms. The van der Waals surface area contributed by atoms with Crippen LogP contribution in [0.3, 0.4) is 0 Å². The molecule has 3 rings (SSSR count). The van der Waals surface area contributed by atoms with Gasteiger partial charge in [-0.3, -0.25) is 0 Å². The van der Waals surface area contributed by atoms with E-state index in [-0.39, 0.29) is 0 Å². The Morgan fingerprint density at radius 1 is 0.962 bits per heavy atom. The Balaban J connectivity index is 1.49. The molecule has 0 unspecified atom stereocenters. The van der Waals surface area contributed by atoms with Gasteiger partial charge in [0.2, 0.25) is 0 Å². The van der Waals surface area contributed by atoms with Gasteiger partial charge in [-0.25, -0.2) is 8.42 Å². The van der Waals surface area contributed by atoms with E-state index >= 15 is 0 Å². The molecule has 0 atom stereocenters. The van der Waals surface area contributed by atoms with Crippen molar-refractivity contribution in [2.75, 3.05) is 5.75 Å². The molecule has 2 nitrogen and oxygen atoms in total. The molecule has 26 heavy (non-hydrogen) atoms. The molecule has 0 saturated heterocycles. The summed E-state index contributed by atoms with van der Waals surface area (Å²) in [5.41, 5.74) is 4.81. The van der Waals surface area contributed by atoms with Gasteiger partial charge in [0, 0.05) is 0 Å². The van der Waals surface area contributed by atoms with Crippen LogP contribution in [0.4, 0.5) is 0 Å². The highest BCUT2D eigenvalue weighted by atomic mass is 32.2. The molecule has 1 saturated carbocycles. The van der Waals surface area contributed by atoms with E-state index in [1.54, 1.807) is 16.7 Å². The Hall–Kier alpha value is -0.830. The number of hydrogen-bond acceptors (Lipinski definition) is 2. The molecule has 0 aromatic heterocycles. The molecule has 0 N–H and O–H groups in total. The predicted molar refractivity (Wildman–Crippen MR) is 110 cm³/mol. The van der Waals surface area contributed by atoms with Crippen molar-refractivity contribution in [1.82, 2.24) is 0 Å². The van der Waals surface area contributed by atoms with Crippen molar-refractivity contribution < 1.29 is 8.42 Å². The average Bonchev–Trinajstić information content (AvgIpc) is 2.60. The van der Waals surface area contributed by atoms with Crippen LogP contribution in [-0.2, 0) is 29.1 Å². The van der Waals surface area contributed by atoms with Gasteiger partial charge >= 0.3 is 0 Å². The molecule has 0 amide bonds. The minimum Gasteiger partial charge on any atom is -0.228 e. The lowest BCUT2D eigenvalue weighted by Crippen LogP contribution is -2.34. The van der Waals surface area contributed by atoms with Crippen LogP contribution in [-0.4, -0.2) is 18.9 Å². The maximum absolute atomic E-state index is 12.4. The van der Waals surface area contributed by atoms with Gasteiger partial charge in [-0.05, 0) is 101 Å². The second-order valence-electron chi connectivity index (χ2n) is 9.58. The number of hydrogen-bond donors (Lipinski definition) is 0. The summed E-state index contributed by atoms with van der Waals surface area (Å²) >= 11 is 0. The lowest BCUT2D eigenvalue weighted by atomic mass is 9.79. The van der Waals surface area contributed by atoms with Crippen LogP contribution < -0.4 is 0 Å². The summed E-state index contributed by atoms with van der Waals surface area (Å²) in [5.74, 6) is 1.54. The van der Waals surface area contributed by atoms with Crippen LogP contribution in [0, 0.1) is 11.8 Å². The van der Waals surface area contributed by atoms with E-state index in [0.717, 1.165) is 18.8 Å². The SMILES string of the molecule is CC(C)(C)S(=O)(=O)CC1CCC(CCc2cccc3c2CCCC3)CC1. The van der Waals surface area contributed by atoms with Gasteiger partial charge in [-0.1, -0.05) is 31.0 Å². The number of benzene rings is 1. The summed E-state index contributed by atoms with van der Waals surface area (Å²) in [4.78, 5) is 0. The molecule has 2 aliphatic rings. The first-order valence-corrected chi connectivity index (χ1v) is 12.2. The minimum atomic E-state index is -2.98. The molecule has 1 fully saturated rings. The van der Waals surface area contributed by atoms with Crippen molar-refractivity contribution in [2.24, 2.45) is 11.8 Å². The lowest BCUT2D eigenvalue weighted by Gasteiger charge is -2.31. The molecule has 2 aliphatic carbocycles. The second-order valence-corrected chi connectivity index (χ2v) is 12.4. The van der Waals surface area contributed by atoms with Crippen LogP contribution in [0.25, 0.3) is 0 Å². The fraction of sp³-hybridized carbons (Fsp3) is 0.739. The first-order chi connectivity index (χ1) is 12.3. The van der Waals surface area contributed by atoms with Crippen molar-refractivity contribution >= 4 is 9.84 Å². The van der Waals surface area contributed by atoms with E-state index in [4.69, 9.17) is 0 Å². The molecule has 0 radical (unpaired) electrons. The average molecular weight is 377 g/mol. The zero-order valence-electron chi connectivity index (χ0n) is 16.9. The zero-order valence-corrected chi connectivity index (χ0v) is 17.7. The molecular weight excluding hydrogens is 340 g/mol. The molecule has 0 bridgehead atoms. The third-order valence-corrected chi connectivity index (χ3v) is 9.45. The summed E-state index contributed by atoms with van der Waals surface area (Å²) in [6.07, 6.45) is 12.3.